The quantitative estimate of drug-likeness (QED) is 0.614. The van der Waals surface area contributed by atoms with E-state index in [0.29, 0.717) is 0 Å². The number of amidine groups is 2. The van der Waals surface area contributed by atoms with Crippen molar-refractivity contribution in [1.82, 2.24) is 4.90 Å². The van der Waals surface area contributed by atoms with E-state index < -0.39 is 0 Å². The Balaban J connectivity index is 1.99. The van der Waals surface area contributed by atoms with Crippen LogP contribution in [0.2, 0.25) is 0 Å². The third-order valence-electron chi connectivity index (χ3n) is 3.53. The second-order valence-corrected chi connectivity index (χ2v) is 5.85. The molecule has 0 spiro atoms. The molecule has 3 nitrogen and oxygen atoms in total. The summed E-state index contributed by atoms with van der Waals surface area (Å²) in [4.78, 5) is 11.9. The summed E-state index contributed by atoms with van der Waals surface area (Å²) in [6.07, 6.45) is 3.32. The summed E-state index contributed by atoms with van der Waals surface area (Å²) in [5.41, 5.74) is 1.97. The highest BCUT2D eigenvalue weighted by Crippen LogP contribution is 2.18. The Morgan fingerprint density at radius 2 is 1.59 bits per heavy atom. The lowest BCUT2D eigenvalue weighted by molar-refractivity contribution is 0.306. The Morgan fingerprint density at radius 1 is 0.955 bits per heavy atom. The van der Waals surface area contributed by atoms with Crippen molar-refractivity contribution < 1.29 is 0 Å². The van der Waals surface area contributed by atoms with Gasteiger partial charge in [0, 0.05) is 18.7 Å². The smallest absolute Gasteiger partial charge is 0.165 e. The zero-order valence-electron chi connectivity index (χ0n) is 12.6. The Morgan fingerprint density at radius 3 is 2.14 bits per heavy atom. The molecule has 0 amide bonds. The van der Waals surface area contributed by atoms with Gasteiger partial charge in [-0.15, -0.1) is 0 Å². The van der Waals surface area contributed by atoms with Crippen molar-refractivity contribution in [3.05, 3.63) is 66.2 Å². The highest BCUT2D eigenvalue weighted by Gasteiger charge is 2.18. The molecule has 0 radical (unpaired) electrons. The van der Waals surface area contributed by atoms with E-state index in [1.54, 1.807) is 11.8 Å². The van der Waals surface area contributed by atoms with Gasteiger partial charge in [0.25, 0.3) is 0 Å². The highest BCUT2D eigenvalue weighted by atomic mass is 32.2. The van der Waals surface area contributed by atoms with Gasteiger partial charge in [-0.2, -0.15) is 0 Å². The van der Waals surface area contributed by atoms with Crippen molar-refractivity contribution in [3.8, 4) is 0 Å². The van der Waals surface area contributed by atoms with Crippen LogP contribution in [0.15, 0.2) is 70.6 Å². The fourth-order valence-corrected chi connectivity index (χ4v) is 2.83. The average molecular weight is 309 g/mol. The minimum absolute atomic E-state index is 0.767. The normalized spacial score (nSPS) is 15.6. The fourth-order valence-electron chi connectivity index (χ4n) is 2.21. The summed E-state index contributed by atoms with van der Waals surface area (Å²) < 4.78 is 0. The molecule has 1 aliphatic rings. The van der Waals surface area contributed by atoms with Crippen LogP contribution in [0.3, 0.4) is 0 Å². The summed E-state index contributed by atoms with van der Waals surface area (Å²) in [7, 11) is 0. The van der Waals surface area contributed by atoms with Gasteiger partial charge in [0.2, 0.25) is 0 Å². The Labute approximate surface area is 135 Å². The first kappa shape index (κ1) is 14.9. The van der Waals surface area contributed by atoms with Crippen LogP contribution in [-0.4, -0.2) is 35.2 Å². The highest BCUT2D eigenvalue weighted by molar-refractivity contribution is 8.13. The lowest BCUT2D eigenvalue weighted by Crippen LogP contribution is -2.41. The Hall–Kier alpha value is -2.07. The molecule has 112 valence electrons. The largest absolute Gasteiger partial charge is 0.351 e. The number of aliphatic imine (C=N–C) groups is 2. The molecule has 0 atom stereocenters. The van der Waals surface area contributed by atoms with Crippen molar-refractivity contribution in [1.29, 1.82) is 0 Å². The molecule has 0 N–H and O–H groups in total. The lowest BCUT2D eigenvalue weighted by atomic mass is 10.2. The number of para-hydroxylation sites is 1. The predicted molar refractivity (Wildman–Crippen MR) is 96.2 cm³/mol. The van der Waals surface area contributed by atoms with Gasteiger partial charge in [-0.1, -0.05) is 60.3 Å². The van der Waals surface area contributed by atoms with Crippen LogP contribution in [0, 0.1) is 0 Å². The summed E-state index contributed by atoms with van der Waals surface area (Å²) in [6.45, 7) is 2.18. The van der Waals surface area contributed by atoms with Crippen molar-refractivity contribution in [3.63, 3.8) is 0 Å². The predicted octanol–water partition coefficient (Wildman–Crippen LogP) is 4.19. The van der Waals surface area contributed by atoms with Gasteiger partial charge in [0.15, 0.2) is 11.0 Å². The molecule has 2 aromatic carbocycles. The van der Waals surface area contributed by atoms with Crippen molar-refractivity contribution in [2.24, 2.45) is 9.98 Å². The van der Waals surface area contributed by atoms with Crippen LogP contribution < -0.4 is 0 Å². The van der Waals surface area contributed by atoms with E-state index in [1.165, 1.54) is 6.42 Å². The number of thioether (sulfide) groups is 1. The molecule has 0 bridgehead atoms. The van der Waals surface area contributed by atoms with Crippen LogP contribution in [0.4, 0.5) is 5.69 Å². The van der Waals surface area contributed by atoms with E-state index >= 15 is 0 Å². The minimum Gasteiger partial charge on any atom is -0.351 e. The molecule has 3 rings (SSSR count). The van der Waals surface area contributed by atoms with Gasteiger partial charge >= 0.3 is 0 Å². The van der Waals surface area contributed by atoms with Gasteiger partial charge in [0.1, 0.15) is 0 Å². The maximum atomic E-state index is 4.84. The molecule has 0 saturated carbocycles. The number of likely N-dealkylation sites (tertiary alicyclic amines) is 1. The second-order valence-electron chi connectivity index (χ2n) is 5.08. The molecule has 0 aliphatic carbocycles. The van der Waals surface area contributed by atoms with Gasteiger partial charge in [0.05, 0.1) is 5.69 Å². The van der Waals surface area contributed by atoms with Crippen LogP contribution in [0.5, 0.6) is 0 Å². The molecule has 1 heterocycles. The number of benzene rings is 2. The van der Waals surface area contributed by atoms with Gasteiger partial charge < -0.3 is 4.90 Å². The molecule has 2 aromatic rings. The van der Waals surface area contributed by atoms with E-state index in [0.717, 1.165) is 35.3 Å². The molecular formula is C18H19N3S. The lowest BCUT2D eigenvalue weighted by Gasteiger charge is -2.33. The monoisotopic (exact) mass is 309 g/mol. The molecule has 1 aliphatic heterocycles. The zero-order valence-corrected chi connectivity index (χ0v) is 13.5. The van der Waals surface area contributed by atoms with Crippen molar-refractivity contribution in [2.45, 2.75) is 6.42 Å². The molecular weight excluding hydrogens is 290 g/mol. The number of hydrogen-bond donors (Lipinski definition) is 0. The third-order valence-corrected chi connectivity index (χ3v) is 4.25. The molecule has 1 saturated heterocycles. The molecule has 0 unspecified atom stereocenters. The summed E-state index contributed by atoms with van der Waals surface area (Å²) >= 11 is 1.68. The fraction of sp³-hybridized carbons (Fsp3) is 0.222. The van der Waals surface area contributed by atoms with E-state index in [9.17, 15) is 0 Å². The maximum absolute atomic E-state index is 4.84. The third kappa shape index (κ3) is 3.57. The summed E-state index contributed by atoms with van der Waals surface area (Å²) in [5.74, 6) is 0.767. The molecule has 1 fully saturated rings. The second kappa shape index (κ2) is 7.27. The van der Waals surface area contributed by atoms with Crippen molar-refractivity contribution in [2.75, 3.05) is 19.3 Å². The maximum Gasteiger partial charge on any atom is 0.165 e. The average Bonchev–Trinajstić information content (AvgIpc) is 2.53. The molecule has 22 heavy (non-hydrogen) atoms. The standard InChI is InChI=1S/C18H19N3S/c1-22-18(21-13-8-14-21)20-17(15-9-4-2-5-10-15)19-16-11-6-3-7-12-16/h2-7,9-12H,8,13-14H2,1H3. The van der Waals surface area contributed by atoms with E-state index in [2.05, 4.69) is 23.3 Å². The Kier molecular flexibility index (Phi) is 4.91. The SMILES string of the molecule is CSC(=NC(=Nc1ccccc1)c1ccccc1)N1CCC1. The molecule has 4 heteroatoms. The summed E-state index contributed by atoms with van der Waals surface area (Å²) in [5, 5.41) is 1.05. The number of rotatable bonds is 2. The van der Waals surface area contributed by atoms with Crippen LogP contribution in [0.25, 0.3) is 0 Å². The zero-order chi connectivity index (χ0) is 15.2. The summed E-state index contributed by atoms with van der Waals surface area (Å²) in [6, 6.07) is 20.2. The first-order valence-corrected chi connectivity index (χ1v) is 8.66. The van der Waals surface area contributed by atoms with Crippen LogP contribution >= 0.6 is 11.8 Å². The van der Waals surface area contributed by atoms with Gasteiger partial charge in [-0.25, -0.2) is 9.98 Å². The topological polar surface area (TPSA) is 28.0 Å². The van der Waals surface area contributed by atoms with E-state index in [1.807, 2.05) is 48.5 Å². The van der Waals surface area contributed by atoms with Crippen LogP contribution in [-0.2, 0) is 0 Å². The molecule has 0 aromatic heterocycles. The van der Waals surface area contributed by atoms with Crippen LogP contribution in [0.1, 0.15) is 12.0 Å². The van der Waals surface area contributed by atoms with Gasteiger partial charge in [-0.05, 0) is 24.8 Å². The number of nitrogens with zero attached hydrogens (tertiary/aromatic N) is 3. The van der Waals surface area contributed by atoms with E-state index in [-0.39, 0.29) is 0 Å². The minimum atomic E-state index is 0.767. The first-order chi connectivity index (χ1) is 10.9. The first-order valence-electron chi connectivity index (χ1n) is 7.43. The number of hydrogen-bond acceptors (Lipinski definition) is 2. The van der Waals surface area contributed by atoms with Gasteiger partial charge in [-0.3, -0.25) is 0 Å². The van der Waals surface area contributed by atoms with Crippen molar-refractivity contribution >= 4 is 28.5 Å². The Bertz CT molecular complexity index is 661. The van der Waals surface area contributed by atoms with E-state index in [4.69, 9.17) is 9.98 Å².